The summed E-state index contributed by atoms with van der Waals surface area (Å²) < 4.78 is 7.01. The molecule has 1 aromatic carbocycles. The standard InChI is InChI=1S/C14H14N4O/c15-7-13-6-14(19-17-13)10-18-9-12(8-16-18)11-4-2-1-3-5-11/h1-6,8-9H,7,10,15H2. The molecule has 5 heteroatoms. The average Bonchev–Trinajstić information content (AvgIpc) is 3.09. The van der Waals surface area contributed by atoms with Crippen molar-refractivity contribution >= 4 is 0 Å². The smallest absolute Gasteiger partial charge is 0.158 e. The fourth-order valence-electron chi connectivity index (χ4n) is 1.92. The maximum absolute atomic E-state index is 5.49. The van der Waals surface area contributed by atoms with Gasteiger partial charge in [0.2, 0.25) is 0 Å². The lowest BCUT2D eigenvalue weighted by Gasteiger charge is -1.96. The predicted octanol–water partition coefficient (Wildman–Crippen LogP) is 2.05. The van der Waals surface area contributed by atoms with E-state index in [1.807, 2.05) is 41.3 Å². The van der Waals surface area contributed by atoms with Gasteiger partial charge in [-0.05, 0) is 5.56 Å². The topological polar surface area (TPSA) is 69.9 Å². The molecule has 96 valence electrons. The summed E-state index contributed by atoms with van der Waals surface area (Å²) in [6.07, 6.45) is 3.83. The van der Waals surface area contributed by atoms with Crippen LogP contribution in [0.4, 0.5) is 0 Å². The second-order valence-corrected chi connectivity index (χ2v) is 4.28. The third-order valence-electron chi connectivity index (χ3n) is 2.88. The van der Waals surface area contributed by atoms with Crippen molar-refractivity contribution < 1.29 is 4.52 Å². The van der Waals surface area contributed by atoms with E-state index in [1.165, 1.54) is 0 Å². The van der Waals surface area contributed by atoms with Crippen LogP contribution in [0.1, 0.15) is 11.5 Å². The van der Waals surface area contributed by atoms with Gasteiger partial charge in [-0.3, -0.25) is 4.68 Å². The summed E-state index contributed by atoms with van der Waals surface area (Å²) >= 11 is 0. The summed E-state index contributed by atoms with van der Waals surface area (Å²) in [7, 11) is 0. The third-order valence-corrected chi connectivity index (χ3v) is 2.88. The molecule has 0 aliphatic carbocycles. The number of nitrogens with zero attached hydrogens (tertiary/aromatic N) is 3. The monoisotopic (exact) mass is 254 g/mol. The molecule has 19 heavy (non-hydrogen) atoms. The zero-order valence-electron chi connectivity index (χ0n) is 10.4. The second kappa shape index (κ2) is 5.07. The molecule has 0 atom stereocenters. The molecule has 0 radical (unpaired) electrons. The van der Waals surface area contributed by atoms with Gasteiger partial charge in [0, 0.05) is 24.4 Å². The minimum Gasteiger partial charge on any atom is -0.359 e. The van der Waals surface area contributed by atoms with Gasteiger partial charge in [0.25, 0.3) is 0 Å². The average molecular weight is 254 g/mol. The molecule has 0 aliphatic heterocycles. The molecule has 0 saturated heterocycles. The number of hydrogen-bond acceptors (Lipinski definition) is 4. The molecular formula is C14H14N4O. The lowest BCUT2D eigenvalue weighted by atomic mass is 10.1. The first kappa shape index (κ1) is 11.7. The first-order valence-corrected chi connectivity index (χ1v) is 6.07. The zero-order chi connectivity index (χ0) is 13.1. The van der Waals surface area contributed by atoms with Gasteiger partial charge in [-0.15, -0.1) is 0 Å². The highest BCUT2D eigenvalue weighted by molar-refractivity contribution is 5.61. The third kappa shape index (κ3) is 2.56. The maximum Gasteiger partial charge on any atom is 0.158 e. The van der Waals surface area contributed by atoms with Gasteiger partial charge < -0.3 is 10.3 Å². The fourth-order valence-corrected chi connectivity index (χ4v) is 1.92. The van der Waals surface area contributed by atoms with Crippen molar-refractivity contribution in [2.45, 2.75) is 13.1 Å². The second-order valence-electron chi connectivity index (χ2n) is 4.28. The molecule has 2 N–H and O–H groups in total. The van der Waals surface area contributed by atoms with Gasteiger partial charge in [0.15, 0.2) is 5.76 Å². The number of hydrogen-bond donors (Lipinski definition) is 1. The van der Waals surface area contributed by atoms with Gasteiger partial charge in [0.1, 0.15) is 6.54 Å². The molecule has 0 saturated carbocycles. The quantitative estimate of drug-likeness (QED) is 0.773. The predicted molar refractivity (Wildman–Crippen MR) is 71.2 cm³/mol. The summed E-state index contributed by atoms with van der Waals surface area (Å²) in [6, 6.07) is 12.0. The van der Waals surface area contributed by atoms with Crippen LogP contribution in [0.3, 0.4) is 0 Å². The Morgan fingerprint density at radius 3 is 2.74 bits per heavy atom. The molecule has 2 aromatic heterocycles. The minimum absolute atomic E-state index is 0.387. The van der Waals surface area contributed by atoms with Crippen LogP contribution in [0.2, 0.25) is 0 Å². The van der Waals surface area contributed by atoms with Gasteiger partial charge in [-0.2, -0.15) is 5.10 Å². The van der Waals surface area contributed by atoms with Crippen molar-refractivity contribution in [2.75, 3.05) is 0 Å². The fraction of sp³-hybridized carbons (Fsp3) is 0.143. The van der Waals surface area contributed by atoms with E-state index in [0.29, 0.717) is 13.1 Å². The molecular weight excluding hydrogens is 240 g/mol. The number of nitrogens with two attached hydrogens (primary N) is 1. The van der Waals surface area contributed by atoms with E-state index in [-0.39, 0.29) is 0 Å². The van der Waals surface area contributed by atoms with E-state index in [2.05, 4.69) is 22.4 Å². The molecule has 0 aliphatic rings. The molecule has 3 aromatic rings. The first-order valence-electron chi connectivity index (χ1n) is 6.07. The number of aromatic nitrogens is 3. The van der Waals surface area contributed by atoms with Gasteiger partial charge >= 0.3 is 0 Å². The first-order chi connectivity index (χ1) is 9.35. The lowest BCUT2D eigenvalue weighted by Crippen LogP contribution is -1.98. The van der Waals surface area contributed by atoms with E-state index < -0.39 is 0 Å². The molecule has 0 bridgehead atoms. The largest absolute Gasteiger partial charge is 0.359 e. The highest BCUT2D eigenvalue weighted by Gasteiger charge is 2.06. The van der Waals surface area contributed by atoms with Crippen LogP contribution in [0, 0.1) is 0 Å². The van der Waals surface area contributed by atoms with Crippen LogP contribution in [-0.2, 0) is 13.1 Å². The van der Waals surface area contributed by atoms with Crippen molar-refractivity contribution in [1.82, 2.24) is 14.9 Å². The Balaban J connectivity index is 1.78. The zero-order valence-corrected chi connectivity index (χ0v) is 10.4. The summed E-state index contributed by atoms with van der Waals surface area (Å²) in [5.41, 5.74) is 8.48. The Kier molecular flexibility index (Phi) is 3.12. The van der Waals surface area contributed by atoms with E-state index in [1.54, 1.807) is 0 Å². The Hall–Kier alpha value is -2.40. The van der Waals surface area contributed by atoms with Gasteiger partial charge in [-0.1, -0.05) is 35.5 Å². The van der Waals surface area contributed by atoms with E-state index >= 15 is 0 Å². The van der Waals surface area contributed by atoms with Crippen molar-refractivity contribution in [2.24, 2.45) is 5.73 Å². The maximum atomic E-state index is 5.49. The Bertz CT molecular complexity index is 657. The molecule has 0 unspecified atom stereocenters. The van der Waals surface area contributed by atoms with E-state index in [4.69, 9.17) is 10.3 Å². The van der Waals surface area contributed by atoms with Crippen LogP contribution in [-0.4, -0.2) is 14.9 Å². The van der Waals surface area contributed by atoms with Crippen LogP contribution in [0.15, 0.2) is 53.3 Å². The van der Waals surface area contributed by atoms with Crippen LogP contribution in [0.25, 0.3) is 11.1 Å². The normalized spacial score (nSPS) is 10.8. The minimum atomic E-state index is 0.387. The summed E-state index contributed by atoms with van der Waals surface area (Å²) in [6.45, 7) is 0.942. The molecule has 3 rings (SSSR count). The van der Waals surface area contributed by atoms with Crippen molar-refractivity contribution in [3.8, 4) is 11.1 Å². The number of benzene rings is 1. The van der Waals surface area contributed by atoms with Crippen LogP contribution >= 0.6 is 0 Å². The van der Waals surface area contributed by atoms with Gasteiger partial charge in [0.05, 0.1) is 11.9 Å². The Labute approximate surface area is 110 Å². The van der Waals surface area contributed by atoms with Crippen molar-refractivity contribution in [3.05, 3.63) is 60.2 Å². The molecule has 0 amide bonds. The summed E-state index contributed by atoms with van der Waals surface area (Å²) in [5, 5.41) is 8.18. The summed E-state index contributed by atoms with van der Waals surface area (Å²) in [5.74, 6) is 0.753. The van der Waals surface area contributed by atoms with E-state index in [0.717, 1.165) is 22.6 Å². The van der Waals surface area contributed by atoms with Crippen molar-refractivity contribution in [3.63, 3.8) is 0 Å². The lowest BCUT2D eigenvalue weighted by molar-refractivity contribution is 0.366. The van der Waals surface area contributed by atoms with E-state index in [9.17, 15) is 0 Å². The molecule has 0 fully saturated rings. The Morgan fingerprint density at radius 2 is 2.00 bits per heavy atom. The van der Waals surface area contributed by atoms with Crippen LogP contribution < -0.4 is 5.73 Å². The van der Waals surface area contributed by atoms with Gasteiger partial charge in [-0.25, -0.2) is 0 Å². The molecule has 5 nitrogen and oxygen atoms in total. The van der Waals surface area contributed by atoms with Crippen LogP contribution in [0.5, 0.6) is 0 Å². The highest BCUT2D eigenvalue weighted by atomic mass is 16.5. The molecule has 2 heterocycles. The SMILES string of the molecule is NCc1cc(Cn2cc(-c3ccccc3)cn2)on1. The summed E-state index contributed by atoms with van der Waals surface area (Å²) in [4.78, 5) is 0. The Morgan fingerprint density at radius 1 is 1.16 bits per heavy atom. The van der Waals surface area contributed by atoms with Crippen molar-refractivity contribution in [1.29, 1.82) is 0 Å². The highest BCUT2D eigenvalue weighted by Crippen LogP contribution is 2.18. The number of rotatable bonds is 4. The molecule has 0 spiro atoms.